The highest BCUT2D eigenvalue weighted by molar-refractivity contribution is 7.85. The van der Waals surface area contributed by atoms with Crippen molar-refractivity contribution in [2.24, 2.45) is 0 Å². The SMILES string of the molecule is Cc1c(N)cccc1S(=O)CC1Cc2ccccc2O1. The quantitative estimate of drug-likeness (QED) is 0.883. The Kier molecular flexibility index (Phi) is 3.49. The van der Waals surface area contributed by atoms with Crippen LogP contribution in [0.2, 0.25) is 0 Å². The van der Waals surface area contributed by atoms with Crippen LogP contribution in [-0.2, 0) is 17.2 Å². The number of para-hydroxylation sites is 1. The van der Waals surface area contributed by atoms with Crippen LogP contribution in [-0.4, -0.2) is 16.1 Å². The van der Waals surface area contributed by atoms with E-state index in [0.717, 1.165) is 22.6 Å². The van der Waals surface area contributed by atoms with E-state index in [1.54, 1.807) is 0 Å². The highest BCUT2D eigenvalue weighted by atomic mass is 32.2. The van der Waals surface area contributed by atoms with Gasteiger partial charge in [0.2, 0.25) is 0 Å². The van der Waals surface area contributed by atoms with E-state index in [4.69, 9.17) is 10.5 Å². The number of nitrogens with two attached hydrogens (primary N) is 1. The molecule has 0 amide bonds. The van der Waals surface area contributed by atoms with Crippen molar-refractivity contribution in [2.45, 2.75) is 24.3 Å². The molecule has 1 heterocycles. The molecule has 3 nitrogen and oxygen atoms in total. The lowest BCUT2D eigenvalue weighted by Gasteiger charge is -2.12. The number of benzene rings is 2. The van der Waals surface area contributed by atoms with E-state index in [1.807, 2.05) is 43.3 Å². The van der Waals surface area contributed by atoms with Crippen molar-refractivity contribution in [3.8, 4) is 5.75 Å². The zero-order valence-electron chi connectivity index (χ0n) is 11.3. The second-order valence-corrected chi connectivity index (χ2v) is 6.50. The average molecular weight is 287 g/mol. The fourth-order valence-corrected chi connectivity index (χ4v) is 3.88. The predicted molar refractivity (Wildman–Crippen MR) is 81.4 cm³/mol. The molecule has 0 aromatic heterocycles. The third-order valence-corrected chi connectivity index (χ3v) is 5.23. The molecule has 0 radical (unpaired) electrons. The van der Waals surface area contributed by atoms with Gasteiger partial charge in [0.25, 0.3) is 0 Å². The number of nitrogen functional groups attached to an aromatic ring is 1. The minimum Gasteiger partial charge on any atom is -0.489 e. The van der Waals surface area contributed by atoms with Crippen LogP contribution < -0.4 is 10.5 Å². The summed E-state index contributed by atoms with van der Waals surface area (Å²) in [5.41, 5.74) is 8.65. The number of hydrogen-bond donors (Lipinski definition) is 1. The van der Waals surface area contributed by atoms with Crippen molar-refractivity contribution in [1.29, 1.82) is 0 Å². The molecular weight excluding hydrogens is 270 g/mol. The molecule has 2 aromatic carbocycles. The molecule has 104 valence electrons. The number of hydrogen-bond acceptors (Lipinski definition) is 3. The van der Waals surface area contributed by atoms with Crippen LogP contribution in [0.15, 0.2) is 47.4 Å². The third kappa shape index (κ3) is 2.43. The molecule has 0 bridgehead atoms. The first-order valence-electron chi connectivity index (χ1n) is 6.63. The Labute approximate surface area is 121 Å². The second kappa shape index (κ2) is 5.29. The van der Waals surface area contributed by atoms with Crippen LogP contribution in [0.4, 0.5) is 5.69 Å². The van der Waals surface area contributed by atoms with Gasteiger partial charge in [-0.3, -0.25) is 4.21 Å². The third-order valence-electron chi connectivity index (χ3n) is 3.62. The summed E-state index contributed by atoms with van der Waals surface area (Å²) in [6.07, 6.45) is 0.803. The Morgan fingerprint density at radius 1 is 1.25 bits per heavy atom. The van der Waals surface area contributed by atoms with Crippen molar-refractivity contribution in [1.82, 2.24) is 0 Å². The molecule has 2 aromatic rings. The van der Waals surface area contributed by atoms with Gasteiger partial charge < -0.3 is 10.5 Å². The molecule has 2 N–H and O–H groups in total. The molecule has 0 saturated carbocycles. The Balaban J connectivity index is 1.74. The first-order chi connectivity index (χ1) is 9.65. The van der Waals surface area contributed by atoms with E-state index in [9.17, 15) is 4.21 Å². The maximum absolute atomic E-state index is 12.5. The summed E-state index contributed by atoms with van der Waals surface area (Å²) in [6.45, 7) is 1.91. The van der Waals surface area contributed by atoms with E-state index < -0.39 is 10.8 Å². The first kappa shape index (κ1) is 13.2. The average Bonchev–Trinajstić information content (AvgIpc) is 2.83. The van der Waals surface area contributed by atoms with Gasteiger partial charge in [-0.15, -0.1) is 0 Å². The highest BCUT2D eigenvalue weighted by Crippen LogP contribution is 2.29. The number of rotatable bonds is 3. The summed E-state index contributed by atoms with van der Waals surface area (Å²) in [5, 5.41) is 0. The van der Waals surface area contributed by atoms with Crippen LogP contribution in [0, 0.1) is 6.92 Å². The standard InChI is InChI=1S/C16H17NO2S/c1-11-14(17)6-4-8-16(11)20(18)10-13-9-12-5-2-3-7-15(12)19-13/h2-8,13H,9-10,17H2,1H3. The van der Waals surface area contributed by atoms with Gasteiger partial charge in [-0.2, -0.15) is 0 Å². The Morgan fingerprint density at radius 2 is 2.05 bits per heavy atom. The molecular formula is C16H17NO2S. The van der Waals surface area contributed by atoms with Crippen LogP contribution >= 0.6 is 0 Å². The minimum absolute atomic E-state index is 0.0194. The normalized spacial score (nSPS) is 18.4. The largest absolute Gasteiger partial charge is 0.489 e. The highest BCUT2D eigenvalue weighted by Gasteiger charge is 2.25. The van der Waals surface area contributed by atoms with Gasteiger partial charge in [0.05, 0.1) is 16.6 Å². The lowest BCUT2D eigenvalue weighted by molar-refractivity contribution is 0.258. The summed E-state index contributed by atoms with van der Waals surface area (Å²) in [5.74, 6) is 1.41. The predicted octanol–water partition coefficient (Wildman–Crippen LogP) is 2.69. The van der Waals surface area contributed by atoms with E-state index >= 15 is 0 Å². The number of ether oxygens (including phenoxy) is 1. The molecule has 0 aliphatic carbocycles. The van der Waals surface area contributed by atoms with Gasteiger partial charge in [0, 0.05) is 17.0 Å². The topological polar surface area (TPSA) is 52.3 Å². The molecule has 20 heavy (non-hydrogen) atoms. The molecule has 4 heteroatoms. The van der Waals surface area contributed by atoms with Crippen molar-refractivity contribution < 1.29 is 8.95 Å². The molecule has 1 aliphatic heterocycles. The maximum Gasteiger partial charge on any atom is 0.123 e. The smallest absolute Gasteiger partial charge is 0.123 e. The van der Waals surface area contributed by atoms with E-state index in [1.165, 1.54) is 5.56 Å². The monoisotopic (exact) mass is 287 g/mol. The van der Waals surface area contributed by atoms with Crippen molar-refractivity contribution in [3.05, 3.63) is 53.6 Å². The van der Waals surface area contributed by atoms with E-state index in [2.05, 4.69) is 6.07 Å². The van der Waals surface area contributed by atoms with Crippen molar-refractivity contribution >= 4 is 16.5 Å². The summed E-state index contributed by atoms with van der Waals surface area (Å²) >= 11 is 0. The summed E-state index contributed by atoms with van der Waals surface area (Å²) < 4.78 is 18.3. The Bertz CT molecular complexity index is 644. The molecule has 2 unspecified atom stereocenters. The second-order valence-electron chi connectivity index (χ2n) is 5.03. The Morgan fingerprint density at radius 3 is 2.85 bits per heavy atom. The lowest BCUT2D eigenvalue weighted by Crippen LogP contribution is -2.22. The minimum atomic E-state index is -1.09. The van der Waals surface area contributed by atoms with Gasteiger partial charge in [0.15, 0.2) is 0 Å². The number of anilines is 1. The van der Waals surface area contributed by atoms with Gasteiger partial charge >= 0.3 is 0 Å². The molecule has 0 fully saturated rings. The van der Waals surface area contributed by atoms with E-state index in [-0.39, 0.29) is 6.10 Å². The molecule has 3 rings (SSSR count). The lowest BCUT2D eigenvalue weighted by atomic mass is 10.1. The van der Waals surface area contributed by atoms with Crippen molar-refractivity contribution in [3.63, 3.8) is 0 Å². The number of fused-ring (bicyclic) bond motifs is 1. The summed E-state index contributed by atoms with van der Waals surface area (Å²) in [7, 11) is -1.09. The summed E-state index contributed by atoms with van der Waals surface area (Å²) in [6, 6.07) is 13.5. The van der Waals surface area contributed by atoms with Gasteiger partial charge in [-0.1, -0.05) is 24.3 Å². The summed E-state index contributed by atoms with van der Waals surface area (Å²) in [4.78, 5) is 0.810. The van der Waals surface area contributed by atoms with Crippen LogP contribution in [0.25, 0.3) is 0 Å². The molecule has 0 spiro atoms. The van der Waals surface area contributed by atoms with E-state index in [0.29, 0.717) is 11.4 Å². The maximum atomic E-state index is 12.5. The van der Waals surface area contributed by atoms with Crippen LogP contribution in [0.1, 0.15) is 11.1 Å². The fourth-order valence-electron chi connectivity index (χ4n) is 2.48. The van der Waals surface area contributed by atoms with Crippen LogP contribution in [0.5, 0.6) is 5.75 Å². The van der Waals surface area contributed by atoms with Gasteiger partial charge in [-0.25, -0.2) is 0 Å². The molecule has 0 saturated heterocycles. The molecule has 1 aliphatic rings. The van der Waals surface area contributed by atoms with Gasteiger partial charge in [0.1, 0.15) is 11.9 Å². The molecule has 2 atom stereocenters. The first-order valence-corrected chi connectivity index (χ1v) is 7.95. The van der Waals surface area contributed by atoms with Crippen molar-refractivity contribution in [2.75, 3.05) is 11.5 Å². The zero-order valence-corrected chi connectivity index (χ0v) is 12.2. The zero-order chi connectivity index (χ0) is 14.1. The van der Waals surface area contributed by atoms with Gasteiger partial charge in [-0.05, 0) is 36.2 Å². The Hall–Kier alpha value is -1.81. The fraction of sp³-hybridized carbons (Fsp3) is 0.250. The van der Waals surface area contributed by atoms with Crippen LogP contribution in [0.3, 0.4) is 0 Å².